The second-order valence-electron chi connectivity index (χ2n) is 6.78. The number of nitrogens with one attached hydrogen (secondary N) is 1. The highest BCUT2D eigenvalue weighted by Gasteiger charge is 2.14. The van der Waals surface area contributed by atoms with Crippen LogP contribution < -0.4 is 5.32 Å². The van der Waals surface area contributed by atoms with Gasteiger partial charge in [-0.05, 0) is 48.5 Å². The molecule has 0 aliphatic carbocycles. The molecule has 0 saturated heterocycles. The molecule has 144 valence electrons. The molecule has 0 atom stereocenters. The number of pyridine rings is 2. The highest BCUT2D eigenvalue weighted by atomic mass is 16.1. The molecule has 30 heavy (non-hydrogen) atoms. The molecule has 3 heterocycles. The summed E-state index contributed by atoms with van der Waals surface area (Å²) in [6.07, 6.45) is 8.79. The number of amides is 1. The zero-order chi connectivity index (χ0) is 20.3. The van der Waals surface area contributed by atoms with Crippen molar-refractivity contribution in [3.8, 4) is 16.9 Å². The third kappa shape index (κ3) is 3.42. The molecule has 0 bridgehead atoms. The molecule has 2 aromatic carbocycles. The van der Waals surface area contributed by atoms with Gasteiger partial charge in [0.25, 0.3) is 5.91 Å². The van der Waals surface area contributed by atoms with Gasteiger partial charge in [-0.3, -0.25) is 9.78 Å². The van der Waals surface area contributed by atoms with Crippen LogP contribution in [0.1, 0.15) is 10.4 Å². The van der Waals surface area contributed by atoms with Gasteiger partial charge in [-0.25, -0.2) is 9.97 Å². The average Bonchev–Trinajstić information content (AvgIpc) is 3.34. The van der Waals surface area contributed by atoms with Gasteiger partial charge in [0.2, 0.25) is 0 Å². The van der Waals surface area contributed by atoms with Crippen LogP contribution in [0, 0.1) is 0 Å². The Bertz CT molecular complexity index is 1310. The monoisotopic (exact) mass is 391 g/mol. The quantitative estimate of drug-likeness (QED) is 0.480. The lowest BCUT2D eigenvalue weighted by atomic mass is 10.0. The summed E-state index contributed by atoms with van der Waals surface area (Å²) < 4.78 is 1.90. The molecule has 0 spiro atoms. The largest absolute Gasteiger partial charge is 0.322 e. The van der Waals surface area contributed by atoms with Crippen LogP contribution in [0.25, 0.3) is 27.8 Å². The molecule has 5 aromatic rings. The van der Waals surface area contributed by atoms with Crippen LogP contribution >= 0.6 is 0 Å². The van der Waals surface area contributed by atoms with Crippen LogP contribution in [0.5, 0.6) is 0 Å². The van der Waals surface area contributed by atoms with E-state index in [0.29, 0.717) is 16.9 Å². The number of fused-ring (bicyclic) bond motifs is 1. The van der Waals surface area contributed by atoms with Crippen molar-refractivity contribution < 1.29 is 4.79 Å². The molecule has 6 nitrogen and oxygen atoms in total. The number of carbonyl (C=O) groups is 1. The van der Waals surface area contributed by atoms with E-state index in [0.717, 1.165) is 22.2 Å². The normalized spacial score (nSPS) is 10.8. The Morgan fingerprint density at radius 2 is 1.77 bits per heavy atom. The highest BCUT2D eigenvalue weighted by molar-refractivity contribution is 6.13. The van der Waals surface area contributed by atoms with Gasteiger partial charge in [0.15, 0.2) is 0 Å². The van der Waals surface area contributed by atoms with Crippen molar-refractivity contribution in [1.29, 1.82) is 0 Å². The van der Waals surface area contributed by atoms with E-state index < -0.39 is 0 Å². The number of imidazole rings is 1. The summed E-state index contributed by atoms with van der Waals surface area (Å²) in [7, 11) is 0. The first-order chi connectivity index (χ1) is 14.8. The van der Waals surface area contributed by atoms with Crippen molar-refractivity contribution in [3.05, 3.63) is 103 Å². The third-order valence-electron chi connectivity index (χ3n) is 4.85. The lowest BCUT2D eigenvalue weighted by molar-refractivity contribution is 0.102. The first-order valence-corrected chi connectivity index (χ1v) is 9.48. The number of carbonyl (C=O) groups excluding carboxylic acids is 1. The second kappa shape index (κ2) is 7.60. The molecule has 0 fully saturated rings. The third-order valence-corrected chi connectivity index (χ3v) is 4.85. The molecule has 0 radical (unpaired) electrons. The number of benzene rings is 2. The lowest BCUT2D eigenvalue weighted by Gasteiger charge is -2.11. The van der Waals surface area contributed by atoms with Crippen molar-refractivity contribution >= 4 is 22.5 Å². The van der Waals surface area contributed by atoms with E-state index in [4.69, 9.17) is 4.98 Å². The van der Waals surface area contributed by atoms with Gasteiger partial charge < -0.3 is 9.88 Å². The Kier molecular flexibility index (Phi) is 4.50. The number of aromatic nitrogens is 4. The van der Waals surface area contributed by atoms with Gasteiger partial charge in [-0.2, -0.15) is 0 Å². The fourth-order valence-electron chi connectivity index (χ4n) is 3.35. The van der Waals surface area contributed by atoms with E-state index in [1.165, 1.54) is 0 Å². The van der Waals surface area contributed by atoms with E-state index in [1.54, 1.807) is 24.9 Å². The van der Waals surface area contributed by atoms with Crippen molar-refractivity contribution in [2.24, 2.45) is 0 Å². The number of hydrogen-bond acceptors (Lipinski definition) is 4. The number of para-hydroxylation sites is 1. The Balaban J connectivity index is 1.49. The second-order valence-corrected chi connectivity index (χ2v) is 6.78. The lowest BCUT2D eigenvalue weighted by Crippen LogP contribution is -2.13. The van der Waals surface area contributed by atoms with Crippen LogP contribution in [0.3, 0.4) is 0 Å². The van der Waals surface area contributed by atoms with Gasteiger partial charge in [-0.1, -0.05) is 18.2 Å². The standard InChI is InChI=1S/C24H17N5O/c30-24(27-18-7-9-19(10-8-18)29-13-12-26-16-29)21-14-23(17-4-3-11-25-15-17)28-22-6-2-1-5-20(21)22/h1-16H,(H,27,30). The molecule has 5 rings (SSSR count). The SMILES string of the molecule is O=C(Nc1ccc(-n2ccnc2)cc1)c1cc(-c2cccnc2)nc2ccccc12. The van der Waals surface area contributed by atoms with Crippen LogP contribution in [0.4, 0.5) is 5.69 Å². The Morgan fingerprint density at radius 1 is 0.900 bits per heavy atom. The van der Waals surface area contributed by atoms with Crippen LogP contribution in [-0.2, 0) is 0 Å². The van der Waals surface area contributed by atoms with Crippen LogP contribution in [0.15, 0.2) is 97.8 Å². The summed E-state index contributed by atoms with van der Waals surface area (Å²) in [5, 5.41) is 3.80. The predicted octanol–water partition coefficient (Wildman–Crippen LogP) is 4.73. The summed E-state index contributed by atoms with van der Waals surface area (Å²) in [4.78, 5) is 26.1. The fourth-order valence-corrected chi connectivity index (χ4v) is 3.35. The minimum atomic E-state index is -0.186. The van der Waals surface area contributed by atoms with E-state index >= 15 is 0 Å². The molecule has 0 aliphatic rings. The molecule has 6 heteroatoms. The molecular formula is C24H17N5O. The van der Waals surface area contributed by atoms with Gasteiger partial charge >= 0.3 is 0 Å². The summed E-state index contributed by atoms with van der Waals surface area (Å²) in [6.45, 7) is 0. The van der Waals surface area contributed by atoms with Gasteiger partial charge in [-0.15, -0.1) is 0 Å². The summed E-state index contributed by atoms with van der Waals surface area (Å²) in [5.74, 6) is -0.186. The summed E-state index contributed by atoms with van der Waals surface area (Å²) in [5.41, 5.74) is 4.59. The smallest absolute Gasteiger partial charge is 0.256 e. The van der Waals surface area contributed by atoms with Crippen LogP contribution in [0.2, 0.25) is 0 Å². The zero-order valence-electron chi connectivity index (χ0n) is 15.9. The maximum absolute atomic E-state index is 13.2. The molecule has 0 unspecified atom stereocenters. The minimum Gasteiger partial charge on any atom is -0.322 e. The van der Waals surface area contributed by atoms with Gasteiger partial charge in [0, 0.05) is 47.1 Å². The van der Waals surface area contributed by atoms with Crippen molar-refractivity contribution in [1.82, 2.24) is 19.5 Å². The maximum Gasteiger partial charge on any atom is 0.256 e. The van der Waals surface area contributed by atoms with E-state index in [9.17, 15) is 4.79 Å². The molecule has 0 aliphatic heterocycles. The zero-order valence-corrected chi connectivity index (χ0v) is 15.9. The minimum absolute atomic E-state index is 0.186. The van der Waals surface area contributed by atoms with Gasteiger partial charge in [0.1, 0.15) is 0 Å². The van der Waals surface area contributed by atoms with Crippen molar-refractivity contribution in [3.63, 3.8) is 0 Å². The number of nitrogens with zero attached hydrogens (tertiary/aromatic N) is 4. The molecule has 1 N–H and O–H groups in total. The first-order valence-electron chi connectivity index (χ1n) is 9.48. The molecular weight excluding hydrogens is 374 g/mol. The van der Waals surface area contributed by atoms with Gasteiger partial charge in [0.05, 0.1) is 23.1 Å². The number of rotatable bonds is 4. The Hall–Kier alpha value is -4.32. The van der Waals surface area contributed by atoms with E-state index in [-0.39, 0.29) is 5.91 Å². The van der Waals surface area contributed by atoms with Crippen molar-refractivity contribution in [2.45, 2.75) is 0 Å². The molecule has 1 amide bonds. The fraction of sp³-hybridized carbons (Fsp3) is 0. The Morgan fingerprint density at radius 3 is 2.53 bits per heavy atom. The topological polar surface area (TPSA) is 72.7 Å². The highest BCUT2D eigenvalue weighted by Crippen LogP contribution is 2.25. The Labute approximate surface area is 172 Å². The summed E-state index contributed by atoms with van der Waals surface area (Å²) >= 11 is 0. The van der Waals surface area contributed by atoms with Crippen LogP contribution in [-0.4, -0.2) is 25.4 Å². The predicted molar refractivity (Wildman–Crippen MR) is 116 cm³/mol. The maximum atomic E-state index is 13.2. The van der Waals surface area contributed by atoms with Crippen molar-refractivity contribution in [2.75, 3.05) is 5.32 Å². The first kappa shape index (κ1) is 17.8. The number of anilines is 1. The average molecular weight is 391 g/mol. The summed E-state index contributed by atoms with van der Waals surface area (Å²) in [6, 6.07) is 20.9. The van der Waals surface area contributed by atoms with E-state index in [2.05, 4.69) is 15.3 Å². The number of hydrogen-bond donors (Lipinski definition) is 1. The molecule has 0 saturated carbocycles. The molecule has 3 aromatic heterocycles. The van der Waals surface area contributed by atoms with E-state index in [1.807, 2.05) is 77.5 Å².